The molecule has 0 bridgehead atoms. The smallest absolute Gasteiger partial charge is 0.461 e. The van der Waals surface area contributed by atoms with Crippen LogP contribution < -0.4 is 60.4 Å². The third-order valence-corrected chi connectivity index (χ3v) is 16.0. The summed E-state index contributed by atoms with van der Waals surface area (Å²) in [4.78, 5) is 113. The minimum Gasteiger partial charge on any atom is -0.461 e. The lowest BCUT2D eigenvalue weighted by molar-refractivity contribution is -0.146. The van der Waals surface area contributed by atoms with Crippen LogP contribution in [0.15, 0.2) is 182 Å². The molecule has 0 aromatic heterocycles. The number of nitrogens with two attached hydrogens (primary N) is 6. The van der Waals surface area contributed by atoms with Crippen molar-refractivity contribution in [3.8, 4) is 5.75 Å². The van der Waals surface area contributed by atoms with E-state index in [4.69, 9.17) is 81.8 Å². The Labute approximate surface area is 745 Å². The molecular formula is C92H144N14O20. The maximum atomic E-state index is 12.1. The zero-order valence-corrected chi connectivity index (χ0v) is 76.2. The minimum atomic E-state index is -1.06. The number of hydrogen-bond acceptors (Lipinski definition) is 30. The first kappa shape index (κ1) is 113. The number of nitrogens with one attached hydrogen (secondary N) is 4. The summed E-state index contributed by atoms with van der Waals surface area (Å²) in [6.07, 6.45) is -2.76. The average Bonchev–Trinajstić information content (AvgIpc) is 1.21. The van der Waals surface area contributed by atoms with Gasteiger partial charge in [0.1, 0.15) is 61.2 Å². The number of para-hydroxylation sites is 1. The normalized spacial score (nSPS) is 10.9. The summed E-state index contributed by atoms with van der Waals surface area (Å²) in [5.74, 6) is -0.00183. The van der Waals surface area contributed by atoms with Crippen LogP contribution in [0, 0.1) is 0 Å². The summed E-state index contributed by atoms with van der Waals surface area (Å²) in [5.41, 5.74) is 35.0. The quantitative estimate of drug-likeness (QED) is 0.00735. The van der Waals surface area contributed by atoms with Gasteiger partial charge in [-0.1, -0.05) is 170 Å². The first-order chi connectivity index (χ1) is 59.9. The molecule has 4 amide bonds. The molecule has 6 aromatic rings. The van der Waals surface area contributed by atoms with E-state index >= 15 is 0 Å². The van der Waals surface area contributed by atoms with E-state index in [2.05, 4.69) is 45.6 Å². The molecule has 0 saturated carbocycles. The van der Waals surface area contributed by atoms with E-state index in [-0.39, 0.29) is 44.8 Å². The molecule has 0 radical (unpaired) electrons. The van der Waals surface area contributed by atoms with Gasteiger partial charge in [0.15, 0.2) is 0 Å². The third-order valence-electron chi connectivity index (χ3n) is 16.0. The standard InChI is InChI=1S/C28H39N3O6.C23H31N3O4.C14H12O3.C11H26N4O2.C10H18O5.C6H18N4/c1-28(2,3)37-27(34)30-17-20-31(18-10-15-25(32)35-21-23-11-6-4-7-12-23)19-16-29-26(33)36-22-24-13-8-5-9-14-24;24-13-16-26(15-7-12-22(27)29-18-20-8-3-1-4-9-20)17-14-25-23(28)30-19-21-10-5-2-6-11-21;15-14(17-13-9-5-2-6-10-13)16-11-12-7-3-1-4-8-12;1-11(2,3)17-10(16)14-6-9-15(7-4-12)8-5-13;1-9(2,3)14-7(11)13-8(12)15-10(4,5)6;7-1-4-10(5-2-8)6-3-9/h4-9,11-14H,10,15-22H2,1-3H3,(H,29,33)(H,30,34);1-6,8-11H,7,12-19,24H2,(H,25,28);1-10H,11H2;4-9,12-13H2,1-3H3,(H,14,16);1-6H3;1-9H2. The largest absolute Gasteiger partial charge is 0.519 e. The summed E-state index contributed by atoms with van der Waals surface area (Å²) in [7, 11) is 0. The second kappa shape index (κ2) is 68.2. The number of esters is 2. The van der Waals surface area contributed by atoms with Crippen molar-refractivity contribution in [3.63, 3.8) is 0 Å². The number of rotatable bonds is 43. The topological polar surface area (TPSA) is 472 Å². The van der Waals surface area contributed by atoms with Crippen LogP contribution in [0.25, 0.3) is 0 Å². The van der Waals surface area contributed by atoms with E-state index in [1.54, 1.807) is 86.6 Å². The fourth-order valence-electron chi connectivity index (χ4n) is 10.3. The Morgan fingerprint density at radius 1 is 0.270 bits per heavy atom. The van der Waals surface area contributed by atoms with Crippen LogP contribution in [0.2, 0.25) is 0 Å². The van der Waals surface area contributed by atoms with Gasteiger partial charge in [-0.05, 0) is 149 Å². The van der Waals surface area contributed by atoms with Gasteiger partial charge in [-0.3, -0.25) is 24.3 Å². The maximum Gasteiger partial charge on any atom is 0.519 e. The molecule has 0 aliphatic carbocycles. The Morgan fingerprint density at radius 3 is 0.770 bits per heavy atom. The van der Waals surface area contributed by atoms with Crippen LogP contribution in [0.1, 0.15) is 137 Å². The van der Waals surface area contributed by atoms with E-state index in [9.17, 15) is 43.2 Å². The molecule has 0 unspecified atom stereocenters. The molecule has 16 N–H and O–H groups in total. The van der Waals surface area contributed by atoms with Gasteiger partial charge in [0.25, 0.3) is 0 Å². The second-order valence-electron chi connectivity index (χ2n) is 31.9. The zero-order valence-electron chi connectivity index (χ0n) is 76.2. The molecule has 0 aliphatic rings. The van der Waals surface area contributed by atoms with Crippen LogP contribution >= 0.6 is 0 Å². The summed E-state index contributed by atoms with van der Waals surface area (Å²) in [6.45, 7) is 36.2. The molecule has 34 nitrogen and oxygen atoms in total. The number of hydrogen-bond donors (Lipinski definition) is 10. The Hall–Kier alpha value is -11.1. The second-order valence-corrected chi connectivity index (χ2v) is 31.9. The zero-order chi connectivity index (χ0) is 93.7. The molecule has 702 valence electrons. The minimum absolute atomic E-state index is 0.196. The van der Waals surface area contributed by atoms with Gasteiger partial charge < -0.3 is 113 Å². The predicted molar refractivity (Wildman–Crippen MR) is 486 cm³/mol. The Bertz CT molecular complexity index is 3680. The highest BCUT2D eigenvalue weighted by molar-refractivity contribution is 5.77. The van der Waals surface area contributed by atoms with Gasteiger partial charge in [0, 0.05) is 144 Å². The number of benzene rings is 6. The maximum absolute atomic E-state index is 12.1. The van der Waals surface area contributed by atoms with Crippen LogP contribution in [-0.2, 0) is 90.0 Å². The highest BCUT2D eigenvalue weighted by atomic mass is 16.8. The van der Waals surface area contributed by atoms with Gasteiger partial charge in [0.05, 0.1) is 0 Å². The van der Waals surface area contributed by atoms with Crippen molar-refractivity contribution >= 4 is 54.8 Å². The third kappa shape index (κ3) is 68.3. The number of alkyl carbamates (subject to hydrolysis) is 4. The molecule has 34 heteroatoms. The average molecular weight is 1770 g/mol. The van der Waals surface area contributed by atoms with Crippen molar-refractivity contribution in [2.75, 3.05) is 144 Å². The fraction of sp³-hybridized carbons (Fsp3) is 0.511. The highest BCUT2D eigenvalue weighted by Gasteiger charge is 2.25. The van der Waals surface area contributed by atoms with Gasteiger partial charge >= 0.3 is 54.8 Å². The molecule has 0 heterocycles. The lowest BCUT2D eigenvalue weighted by Gasteiger charge is -2.23. The monoisotopic (exact) mass is 1770 g/mol. The fourth-order valence-corrected chi connectivity index (χ4v) is 10.3. The molecular weight excluding hydrogens is 1620 g/mol. The summed E-state index contributed by atoms with van der Waals surface area (Å²) < 4.78 is 55.2. The summed E-state index contributed by atoms with van der Waals surface area (Å²) in [5, 5.41) is 10.9. The number of ether oxygens (including phenoxy) is 11. The van der Waals surface area contributed by atoms with Crippen molar-refractivity contribution < 1.29 is 95.3 Å². The van der Waals surface area contributed by atoms with E-state index in [1.165, 1.54) is 0 Å². The van der Waals surface area contributed by atoms with Crippen molar-refractivity contribution in [1.82, 2.24) is 40.9 Å². The molecule has 6 aromatic carbocycles. The van der Waals surface area contributed by atoms with Crippen LogP contribution in [0.5, 0.6) is 5.75 Å². The van der Waals surface area contributed by atoms with Crippen molar-refractivity contribution in [2.45, 2.75) is 164 Å². The van der Waals surface area contributed by atoms with Crippen molar-refractivity contribution in [2.24, 2.45) is 34.4 Å². The van der Waals surface area contributed by atoms with Gasteiger partial charge in [-0.25, -0.2) is 33.6 Å². The van der Waals surface area contributed by atoms with E-state index in [0.29, 0.717) is 136 Å². The number of carbonyl (C=O) groups excluding carboxylic acids is 9. The highest BCUT2D eigenvalue weighted by Crippen LogP contribution is 2.15. The van der Waals surface area contributed by atoms with Crippen LogP contribution in [0.4, 0.5) is 33.6 Å². The SMILES string of the molecule is CC(C)(C)OC(=O)NCCN(CCCC(=O)OCc1ccccc1)CCNC(=O)OCc1ccccc1.CC(C)(C)OC(=O)NCCN(CCN)CCN.CC(C)(C)OC(=O)OC(=O)OC(C)(C)C.NCCN(CCCC(=O)OCc1ccccc1)CCNC(=O)OCc1ccccc1.NCCN(CCN)CCN.O=C(OCc1ccccc1)Oc1ccccc1. The molecule has 0 saturated heterocycles. The molecule has 0 fully saturated rings. The lowest BCUT2D eigenvalue weighted by atomic mass is 10.2. The number of carbonyl (C=O) groups is 9. The Balaban J connectivity index is 0.000000797. The van der Waals surface area contributed by atoms with Gasteiger partial charge in [-0.15, -0.1) is 0 Å². The van der Waals surface area contributed by atoms with Crippen molar-refractivity contribution in [1.29, 1.82) is 0 Å². The van der Waals surface area contributed by atoms with Gasteiger partial charge in [-0.2, -0.15) is 0 Å². The van der Waals surface area contributed by atoms with Crippen molar-refractivity contribution in [3.05, 3.63) is 210 Å². The Morgan fingerprint density at radius 2 is 0.500 bits per heavy atom. The van der Waals surface area contributed by atoms with E-state index < -0.39 is 65.2 Å². The molecule has 6 rings (SSSR count). The summed E-state index contributed by atoms with van der Waals surface area (Å²) in [6, 6.07) is 56.4. The number of nitrogens with zero attached hydrogens (tertiary/aromatic N) is 4. The first-order valence-electron chi connectivity index (χ1n) is 42.3. The van der Waals surface area contributed by atoms with E-state index in [0.717, 1.165) is 67.1 Å². The summed E-state index contributed by atoms with van der Waals surface area (Å²) >= 11 is 0. The first-order valence-corrected chi connectivity index (χ1v) is 42.3. The van der Waals surface area contributed by atoms with Crippen LogP contribution in [-0.4, -0.2) is 241 Å². The lowest BCUT2D eigenvalue weighted by Crippen LogP contribution is -2.41. The molecule has 0 aliphatic heterocycles. The van der Waals surface area contributed by atoms with Gasteiger partial charge in [0.2, 0.25) is 0 Å². The Kier molecular flexibility index (Phi) is 61.2. The number of amides is 4. The molecule has 126 heavy (non-hydrogen) atoms. The predicted octanol–water partition coefficient (Wildman–Crippen LogP) is 11.1. The molecule has 0 spiro atoms. The van der Waals surface area contributed by atoms with Crippen LogP contribution in [0.3, 0.4) is 0 Å². The molecule has 0 atom stereocenters. The van der Waals surface area contributed by atoms with E-state index in [1.807, 2.05) is 178 Å².